The van der Waals surface area contributed by atoms with Crippen molar-refractivity contribution in [2.24, 2.45) is 0 Å². The van der Waals surface area contributed by atoms with E-state index in [1.807, 2.05) is 6.92 Å². The fourth-order valence-electron chi connectivity index (χ4n) is 1.49. The summed E-state index contributed by atoms with van der Waals surface area (Å²) in [7, 11) is 3.33. The molecule has 1 amide bonds. The zero-order valence-electron chi connectivity index (χ0n) is 10.8. The number of halogens is 1. The van der Waals surface area contributed by atoms with Gasteiger partial charge in [0.25, 0.3) is 5.91 Å². The molecular weight excluding hydrogens is 254 g/mol. The van der Waals surface area contributed by atoms with Gasteiger partial charge in [-0.1, -0.05) is 18.5 Å². The molecule has 1 atom stereocenters. The van der Waals surface area contributed by atoms with Crippen molar-refractivity contribution in [1.29, 1.82) is 0 Å². The van der Waals surface area contributed by atoms with E-state index in [9.17, 15) is 4.79 Å². The molecular formula is C12H18ClN3O2. The van der Waals surface area contributed by atoms with Crippen LogP contribution in [0.2, 0.25) is 5.15 Å². The summed E-state index contributed by atoms with van der Waals surface area (Å²) < 4.78 is 5.03. The molecule has 1 unspecified atom stereocenters. The predicted octanol–water partition coefficient (Wildman–Crippen LogP) is 1.93. The van der Waals surface area contributed by atoms with Crippen molar-refractivity contribution in [3.05, 3.63) is 22.8 Å². The molecule has 0 spiro atoms. The molecule has 0 saturated carbocycles. The molecule has 1 heterocycles. The minimum absolute atomic E-state index is 0.00697. The third-order valence-corrected chi connectivity index (χ3v) is 2.70. The first kappa shape index (κ1) is 14.7. The number of anilines is 1. The Morgan fingerprint density at radius 2 is 2.28 bits per heavy atom. The number of carbonyl (C=O) groups excluding carboxylic acids is 1. The van der Waals surface area contributed by atoms with Crippen LogP contribution in [-0.4, -0.2) is 37.7 Å². The highest BCUT2D eigenvalue weighted by atomic mass is 35.5. The van der Waals surface area contributed by atoms with Gasteiger partial charge in [0.05, 0.1) is 12.6 Å². The second-order valence-corrected chi connectivity index (χ2v) is 4.24. The van der Waals surface area contributed by atoms with Gasteiger partial charge < -0.3 is 15.4 Å². The summed E-state index contributed by atoms with van der Waals surface area (Å²) in [4.78, 5) is 16.0. The van der Waals surface area contributed by atoms with Crippen LogP contribution in [0.25, 0.3) is 0 Å². The van der Waals surface area contributed by atoms with Crippen LogP contribution in [-0.2, 0) is 4.74 Å². The van der Waals surface area contributed by atoms with Gasteiger partial charge in [-0.3, -0.25) is 4.79 Å². The smallest absolute Gasteiger partial charge is 0.251 e. The van der Waals surface area contributed by atoms with E-state index in [0.29, 0.717) is 18.0 Å². The predicted molar refractivity (Wildman–Crippen MR) is 72.2 cm³/mol. The number of amides is 1. The van der Waals surface area contributed by atoms with Gasteiger partial charge in [0.2, 0.25) is 0 Å². The topological polar surface area (TPSA) is 63.2 Å². The molecule has 0 aliphatic carbocycles. The first-order valence-corrected chi connectivity index (χ1v) is 6.13. The first-order chi connectivity index (χ1) is 8.60. The molecule has 100 valence electrons. The highest BCUT2D eigenvalue weighted by Gasteiger charge is 2.13. The first-order valence-electron chi connectivity index (χ1n) is 5.75. The Balaban J connectivity index is 2.79. The summed E-state index contributed by atoms with van der Waals surface area (Å²) in [6.45, 7) is 2.47. The summed E-state index contributed by atoms with van der Waals surface area (Å²) in [6.07, 6.45) is 0.803. The lowest BCUT2D eigenvalue weighted by Crippen LogP contribution is -2.37. The number of rotatable bonds is 6. The maximum Gasteiger partial charge on any atom is 0.251 e. The molecule has 1 aromatic heterocycles. The maximum absolute atomic E-state index is 12.0. The minimum atomic E-state index is -0.181. The van der Waals surface area contributed by atoms with Gasteiger partial charge in [-0.15, -0.1) is 0 Å². The van der Waals surface area contributed by atoms with Crippen LogP contribution in [0.15, 0.2) is 12.1 Å². The summed E-state index contributed by atoms with van der Waals surface area (Å²) in [5.41, 5.74) is 0.480. The van der Waals surface area contributed by atoms with E-state index in [2.05, 4.69) is 15.6 Å². The summed E-state index contributed by atoms with van der Waals surface area (Å²) in [5.74, 6) is 0.382. The van der Waals surface area contributed by atoms with Crippen molar-refractivity contribution in [2.45, 2.75) is 19.4 Å². The molecule has 1 aromatic rings. The van der Waals surface area contributed by atoms with Crippen molar-refractivity contribution in [2.75, 3.05) is 26.1 Å². The van der Waals surface area contributed by atoms with E-state index in [0.717, 1.165) is 6.42 Å². The van der Waals surface area contributed by atoms with Crippen molar-refractivity contribution < 1.29 is 9.53 Å². The molecule has 0 aliphatic heterocycles. The number of ether oxygens (including phenoxy) is 1. The monoisotopic (exact) mass is 271 g/mol. The maximum atomic E-state index is 12.0. The van der Waals surface area contributed by atoms with Gasteiger partial charge in [0.1, 0.15) is 11.0 Å². The van der Waals surface area contributed by atoms with Crippen LogP contribution in [0.5, 0.6) is 0 Å². The second-order valence-electron chi connectivity index (χ2n) is 3.85. The number of nitrogens with zero attached hydrogens (tertiary/aromatic N) is 1. The highest BCUT2D eigenvalue weighted by molar-refractivity contribution is 6.29. The lowest BCUT2D eigenvalue weighted by molar-refractivity contribution is 0.0894. The van der Waals surface area contributed by atoms with E-state index >= 15 is 0 Å². The van der Waals surface area contributed by atoms with Gasteiger partial charge in [-0.2, -0.15) is 0 Å². The molecule has 0 bridgehead atoms. The molecule has 0 fully saturated rings. The zero-order valence-corrected chi connectivity index (χ0v) is 11.5. The normalized spacial score (nSPS) is 12.0. The average molecular weight is 272 g/mol. The third-order valence-electron chi connectivity index (χ3n) is 2.51. The van der Waals surface area contributed by atoms with Gasteiger partial charge in [-0.25, -0.2) is 4.98 Å². The Labute approximate surface area is 112 Å². The van der Waals surface area contributed by atoms with Crippen LogP contribution in [0.4, 0.5) is 5.82 Å². The summed E-state index contributed by atoms with van der Waals surface area (Å²) >= 11 is 5.85. The molecule has 5 nitrogen and oxygen atoms in total. The number of hydrogen-bond acceptors (Lipinski definition) is 4. The fourth-order valence-corrected chi connectivity index (χ4v) is 1.70. The number of hydrogen-bond donors (Lipinski definition) is 2. The van der Waals surface area contributed by atoms with E-state index in [1.165, 1.54) is 6.07 Å². The van der Waals surface area contributed by atoms with Crippen LogP contribution in [0.3, 0.4) is 0 Å². The molecule has 0 aliphatic rings. The molecule has 0 saturated heterocycles. The minimum Gasteiger partial charge on any atom is -0.383 e. The lowest BCUT2D eigenvalue weighted by Gasteiger charge is -2.16. The van der Waals surface area contributed by atoms with Crippen LogP contribution < -0.4 is 10.6 Å². The number of aromatic nitrogens is 1. The van der Waals surface area contributed by atoms with Gasteiger partial charge in [0, 0.05) is 19.7 Å². The van der Waals surface area contributed by atoms with Crippen molar-refractivity contribution in [3.8, 4) is 0 Å². The Morgan fingerprint density at radius 3 is 2.83 bits per heavy atom. The fraction of sp³-hybridized carbons (Fsp3) is 0.500. The van der Waals surface area contributed by atoms with Gasteiger partial charge in [0.15, 0.2) is 0 Å². The Bertz CT molecular complexity index is 412. The largest absolute Gasteiger partial charge is 0.383 e. The Hall–Kier alpha value is -1.33. The molecule has 0 aromatic carbocycles. The van der Waals surface area contributed by atoms with Crippen molar-refractivity contribution in [1.82, 2.24) is 10.3 Å². The Kier molecular flexibility index (Phi) is 5.88. The van der Waals surface area contributed by atoms with Crippen molar-refractivity contribution in [3.63, 3.8) is 0 Å². The number of nitrogens with one attached hydrogen (secondary N) is 2. The number of methoxy groups -OCH3 is 1. The highest BCUT2D eigenvalue weighted by Crippen LogP contribution is 2.14. The number of pyridine rings is 1. The standard InChI is InChI=1S/C12H18ClN3O2/c1-4-9(7-18-3)15-12(17)8-5-10(13)16-11(6-8)14-2/h5-6,9H,4,7H2,1-3H3,(H,14,16)(H,15,17). The summed E-state index contributed by atoms with van der Waals surface area (Å²) in [6, 6.07) is 3.19. The van der Waals surface area contributed by atoms with Crippen LogP contribution >= 0.6 is 11.6 Å². The Morgan fingerprint density at radius 1 is 1.56 bits per heavy atom. The molecule has 0 radical (unpaired) electrons. The molecule has 1 rings (SSSR count). The van der Waals surface area contributed by atoms with Gasteiger partial charge in [-0.05, 0) is 18.6 Å². The molecule has 18 heavy (non-hydrogen) atoms. The van der Waals surface area contributed by atoms with Crippen LogP contribution in [0, 0.1) is 0 Å². The lowest BCUT2D eigenvalue weighted by atomic mass is 10.2. The SMILES string of the molecule is CCC(COC)NC(=O)c1cc(Cl)nc(NC)c1. The summed E-state index contributed by atoms with van der Waals surface area (Å²) in [5, 5.41) is 6.02. The number of carbonyl (C=O) groups is 1. The van der Waals surface area contributed by atoms with Gasteiger partial charge >= 0.3 is 0 Å². The van der Waals surface area contributed by atoms with E-state index in [-0.39, 0.29) is 17.1 Å². The quantitative estimate of drug-likeness (QED) is 0.776. The van der Waals surface area contributed by atoms with E-state index in [1.54, 1.807) is 20.2 Å². The second kappa shape index (κ2) is 7.18. The van der Waals surface area contributed by atoms with Crippen LogP contribution in [0.1, 0.15) is 23.7 Å². The van der Waals surface area contributed by atoms with E-state index in [4.69, 9.17) is 16.3 Å². The van der Waals surface area contributed by atoms with Crippen molar-refractivity contribution >= 4 is 23.3 Å². The zero-order chi connectivity index (χ0) is 13.5. The van der Waals surface area contributed by atoms with E-state index < -0.39 is 0 Å². The molecule has 2 N–H and O–H groups in total. The third kappa shape index (κ3) is 4.16. The average Bonchev–Trinajstić information content (AvgIpc) is 2.37. The molecule has 6 heteroatoms.